The Morgan fingerprint density at radius 1 is 0.929 bits per heavy atom. The average Bonchev–Trinajstić information content (AvgIpc) is 2.64. The van der Waals surface area contributed by atoms with Crippen LogP contribution in [0.25, 0.3) is 0 Å². The number of esters is 1. The topological polar surface area (TPSA) is 87.7 Å². The lowest BCUT2D eigenvalue weighted by Gasteiger charge is -2.17. The second-order valence-electron chi connectivity index (χ2n) is 6.40. The summed E-state index contributed by atoms with van der Waals surface area (Å²) in [6, 6.07) is 14.1. The summed E-state index contributed by atoms with van der Waals surface area (Å²) in [6.07, 6.45) is 0. The Labute approximate surface area is 164 Å². The molecule has 0 aromatic heterocycles. The molecule has 2 amide bonds. The summed E-state index contributed by atoms with van der Waals surface area (Å²) in [5.74, 6) is -1.04. The van der Waals surface area contributed by atoms with Crippen molar-refractivity contribution in [3.8, 4) is 0 Å². The molecule has 2 aromatic carbocycles. The van der Waals surface area contributed by atoms with Gasteiger partial charge in [0.15, 0.2) is 0 Å². The number of aryl methyl sites for hydroxylation is 1. The quantitative estimate of drug-likeness (QED) is 0.685. The Hall–Kier alpha value is -3.19. The number of para-hydroxylation sites is 1. The Kier molecular flexibility index (Phi) is 7.71. The molecule has 0 aliphatic carbocycles. The van der Waals surface area contributed by atoms with E-state index in [2.05, 4.69) is 10.6 Å². The van der Waals surface area contributed by atoms with Crippen LogP contribution in [0.4, 0.5) is 11.4 Å². The summed E-state index contributed by atoms with van der Waals surface area (Å²) < 4.78 is 4.99. The zero-order valence-electron chi connectivity index (χ0n) is 16.3. The van der Waals surface area contributed by atoms with Gasteiger partial charge in [-0.25, -0.2) is 4.79 Å². The Balaban J connectivity index is 1.88. The molecule has 0 atom stereocenters. The van der Waals surface area contributed by atoms with Crippen LogP contribution in [0.5, 0.6) is 0 Å². The molecule has 28 heavy (non-hydrogen) atoms. The predicted molar refractivity (Wildman–Crippen MR) is 108 cm³/mol. The van der Waals surface area contributed by atoms with Gasteiger partial charge in [0.1, 0.15) is 0 Å². The number of hydrogen-bond donors (Lipinski definition) is 2. The number of anilines is 2. The van der Waals surface area contributed by atoms with Gasteiger partial charge in [-0.2, -0.15) is 0 Å². The summed E-state index contributed by atoms with van der Waals surface area (Å²) in [6.45, 7) is 3.99. The van der Waals surface area contributed by atoms with E-state index in [9.17, 15) is 14.4 Å². The Morgan fingerprint density at radius 2 is 1.54 bits per heavy atom. The largest absolute Gasteiger partial charge is 0.462 e. The van der Waals surface area contributed by atoms with Crippen LogP contribution >= 0.6 is 0 Å². The maximum atomic E-state index is 12.3. The number of benzene rings is 2. The third kappa shape index (κ3) is 6.51. The van der Waals surface area contributed by atoms with Crippen molar-refractivity contribution in [2.24, 2.45) is 0 Å². The molecule has 2 aromatic rings. The average molecular weight is 383 g/mol. The van der Waals surface area contributed by atoms with Gasteiger partial charge in [-0.15, -0.1) is 0 Å². The van der Waals surface area contributed by atoms with Crippen LogP contribution in [-0.2, 0) is 14.3 Å². The highest BCUT2D eigenvalue weighted by atomic mass is 16.5. The molecule has 0 spiro atoms. The van der Waals surface area contributed by atoms with Crippen LogP contribution in [0.1, 0.15) is 22.8 Å². The molecule has 148 valence electrons. The Morgan fingerprint density at radius 3 is 2.18 bits per heavy atom. The smallest absolute Gasteiger partial charge is 0.340 e. The molecule has 2 N–H and O–H groups in total. The monoisotopic (exact) mass is 383 g/mol. The normalized spacial score (nSPS) is 10.4. The second kappa shape index (κ2) is 10.2. The number of carbonyl (C=O) groups is 3. The molecule has 0 aliphatic heterocycles. The third-order valence-corrected chi connectivity index (χ3v) is 3.86. The molecule has 0 saturated carbocycles. The van der Waals surface area contributed by atoms with Crippen LogP contribution in [-0.4, -0.2) is 49.4 Å². The van der Waals surface area contributed by atoms with Crippen molar-refractivity contribution >= 4 is 29.2 Å². The summed E-state index contributed by atoms with van der Waals surface area (Å²) in [4.78, 5) is 38.0. The van der Waals surface area contributed by atoms with Crippen molar-refractivity contribution in [2.45, 2.75) is 13.8 Å². The molecule has 7 nitrogen and oxygen atoms in total. The van der Waals surface area contributed by atoms with E-state index in [1.807, 2.05) is 31.2 Å². The van der Waals surface area contributed by atoms with Crippen molar-refractivity contribution in [3.05, 3.63) is 59.7 Å². The van der Waals surface area contributed by atoms with Gasteiger partial charge in [-0.1, -0.05) is 29.8 Å². The minimum atomic E-state index is -0.496. The first-order valence-electron chi connectivity index (χ1n) is 9.00. The van der Waals surface area contributed by atoms with Crippen LogP contribution in [0.3, 0.4) is 0 Å². The van der Waals surface area contributed by atoms with E-state index in [0.29, 0.717) is 11.4 Å². The fourth-order valence-corrected chi connectivity index (χ4v) is 2.55. The fraction of sp³-hybridized carbons (Fsp3) is 0.286. The summed E-state index contributed by atoms with van der Waals surface area (Å²) in [5, 5.41) is 5.48. The van der Waals surface area contributed by atoms with Gasteiger partial charge in [-0.3, -0.25) is 14.5 Å². The zero-order valence-corrected chi connectivity index (χ0v) is 16.3. The van der Waals surface area contributed by atoms with E-state index in [1.54, 1.807) is 43.1 Å². The molecular weight excluding hydrogens is 358 g/mol. The first-order valence-corrected chi connectivity index (χ1v) is 9.00. The van der Waals surface area contributed by atoms with E-state index in [4.69, 9.17) is 4.74 Å². The van der Waals surface area contributed by atoms with Crippen molar-refractivity contribution in [2.75, 3.05) is 37.4 Å². The molecule has 0 fully saturated rings. The van der Waals surface area contributed by atoms with Crippen LogP contribution in [0.2, 0.25) is 0 Å². The van der Waals surface area contributed by atoms with Crippen LogP contribution in [0, 0.1) is 6.92 Å². The molecule has 0 saturated heterocycles. The predicted octanol–water partition coefficient (Wildman–Crippen LogP) is 2.68. The number of carbonyl (C=O) groups excluding carboxylic acids is 3. The maximum Gasteiger partial charge on any atom is 0.340 e. The van der Waals surface area contributed by atoms with E-state index in [-0.39, 0.29) is 37.1 Å². The molecule has 0 unspecified atom stereocenters. The summed E-state index contributed by atoms with van der Waals surface area (Å²) in [5.41, 5.74) is 2.48. The van der Waals surface area contributed by atoms with E-state index in [0.717, 1.165) is 5.56 Å². The van der Waals surface area contributed by atoms with Crippen molar-refractivity contribution in [1.82, 2.24) is 4.90 Å². The lowest BCUT2D eigenvalue weighted by atomic mass is 10.2. The number of likely N-dealkylation sites (N-methyl/N-ethyl adjacent to an activating group) is 1. The second-order valence-corrected chi connectivity index (χ2v) is 6.40. The van der Waals surface area contributed by atoms with E-state index >= 15 is 0 Å². The van der Waals surface area contributed by atoms with Crippen LogP contribution in [0.15, 0.2) is 48.5 Å². The minimum Gasteiger partial charge on any atom is -0.462 e. The van der Waals surface area contributed by atoms with Gasteiger partial charge in [-0.05, 0) is 45.2 Å². The third-order valence-electron chi connectivity index (χ3n) is 3.86. The lowest BCUT2D eigenvalue weighted by molar-refractivity contribution is -0.119. The maximum absolute atomic E-state index is 12.3. The lowest BCUT2D eigenvalue weighted by Crippen LogP contribution is -2.36. The minimum absolute atomic E-state index is 0.00151. The number of nitrogens with one attached hydrogen (secondary N) is 2. The molecule has 0 radical (unpaired) electrons. The molecule has 0 aliphatic rings. The van der Waals surface area contributed by atoms with Gasteiger partial charge in [0.05, 0.1) is 30.9 Å². The SMILES string of the molecule is CCOC(=O)c1ccccc1NC(=O)CN(C)CC(=O)Nc1ccc(C)cc1. The van der Waals surface area contributed by atoms with Crippen molar-refractivity contribution in [1.29, 1.82) is 0 Å². The van der Waals surface area contributed by atoms with Crippen molar-refractivity contribution < 1.29 is 19.1 Å². The van der Waals surface area contributed by atoms with Crippen LogP contribution < -0.4 is 10.6 Å². The molecular formula is C21H25N3O4. The number of ether oxygens (including phenoxy) is 1. The fourth-order valence-electron chi connectivity index (χ4n) is 2.55. The Bertz CT molecular complexity index is 834. The van der Waals surface area contributed by atoms with Gasteiger partial charge in [0.25, 0.3) is 0 Å². The number of nitrogens with zero attached hydrogens (tertiary/aromatic N) is 1. The molecule has 2 rings (SSSR count). The molecule has 0 heterocycles. The zero-order chi connectivity index (χ0) is 20.5. The van der Waals surface area contributed by atoms with Gasteiger partial charge >= 0.3 is 5.97 Å². The van der Waals surface area contributed by atoms with E-state index < -0.39 is 5.97 Å². The molecule has 0 bridgehead atoms. The number of amides is 2. The highest BCUT2D eigenvalue weighted by molar-refractivity contribution is 6.02. The van der Waals surface area contributed by atoms with Crippen molar-refractivity contribution in [3.63, 3.8) is 0 Å². The standard InChI is InChI=1S/C21H25N3O4/c1-4-28-21(27)17-7-5-6-8-18(17)23-20(26)14-24(3)13-19(25)22-16-11-9-15(2)10-12-16/h5-12H,4,13-14H2,1-3H3,(H,22,25)(H,23,26). The first-order chi connectivity index (χ1) is 13.4. The van der Waals surface area contributed by atoms with Gasteiger partial charge < -0.3 is 15.4 Å². The number of rotatable bonds is 8. The summed E-state index contributed by atoms with van der Waals surface area (Å²) >= 11 is 0. The molecule has 7 heteroatoms. The van der Waals surface area contributed by atoms with E-state index in [1.165, 1.54) is 0 Å². The highest BCUT2D eigenvalue weighted by Gasteiger charge is 2.16. The highest BCUT2D eigenvalue weighted by Crippen LogP contribution is 2.16. The first kappa shape index (κ1) is 21.1. The van der Waals surface area contributed by atoms with Gasteiger partial charge in [0.2, 0.25) is 11.8 Å². The number of hydrogen-bond acceptors (Lipinski definition) is 5. The van der Waals surface area contributed by atoms with Gasteiger partial charge in [0, 0.05) is 5.69 Å². The summed E-state index contributed by atoms with van der Waals surface area (Å²) in [7, 11) is 1.67.